The average molecular weight is 700 g/mol. The summed E-state index contributed by atoms with van der Waals surface area (Å²) in [6, 6.07) is 81.2. The van der Waals surface area contributed by atoms with Gasteiger partial charge in [0, 0.05) is 11.1 Å². The van der Waals surface area contributed by atoms with E-state index in [1.807, 2.05) is 12.1 Å². The molecule has 0 atom stereocenters. The van der Waals surface area contributed by atoms with Crippen LogP contribution in [-0.2, 0) is 5.41 Å². The predicted octanol–water partition coefficient (Wildman–Crippen LogP) is 13.8. The van der Waals surface area contributed by atoms with Crippen molar-refractivity contribution < 1.29 is 0 Å². The third-order valence-electron chi connectivity index (χ3n) is 11.2. The fraction of sp³-hybridized carbons (Fsp3) is 0.0185. The molecule has 0 radical (unpaired) electrons. The standard InChI is InChI=1S/C54H37N/c1-5-16-40(17-6-1)52-36-45(37-53(55-52)41-18-7-2-8-19-41)39-30-28-38(29-31-39)42-20-15-21-43(34-42)44-32-33-51-49(35-44)48-26-13-14-27-50(48)54(51,46-22-9-3-10-23-46)47-24-11-4-12-25-47/h1-37H. The minimum atomic E-state index is -0.394. The van der Waals surface area contributed by atoms with Gasteiger partial charge >= 0.3 is 0 Å². The van der Waals surface area contributed by atoms with Gasteiger partial charge in [0.05, 0.1) is 16.8 Å². The quantitative estimate of drug-likeness (QED) is 0.161. The first-order valence-electron chi connectivity index (χ1n) is 19.0. The Morgan fingerprint density at radius 1 is 0.255 bits per heavy atom. The van der Waals surface area contributed by atoms with Crippen molar-refractivity contribution in [2.24, 2.45) is 0 Å². The summed E-state index contributed by atoms with van der Waals surface area (Å²) in [7, 11) is 0. The zero-order valence-electron chi connectivity index (χ0n) is 30.3. The van der Waals surface area contributed by atoms with Crippen LogP contribution in [-0.4, -0.2) is 4.98 Å². The van der Waals surface area contributed by atoms with Crippen molar-refractivity contribution in [2.45, 2.75) is 5.41 Å². The van der Waals surface area contributed by atoms with Gasteiger partial charge in [-0.15, -0.1) is 0 Å². The Morgan fingerprint density at radius 2 is 0.673 bits per heavy atom. The highest BCUT2D eigenvalue weighted by atomic mass is 14.7. The molecule has 0 saturated carbocycles. The lowest BCUT2D eigenvalue weighted by Gasteiger charge is -2.33. The van der Waals surface area contributed by atoms with E-state index in [-0.39, 0.29) is 0 Å². The van der Waals surface area contributed by atoms with Crippen LogP contribution < -0.4 is 0 Å². The highest BCUT2D eigenvalue weighted by Gasteiger charge is 2.45. The molecule has 1 aliphatic carbocycles. The summed E-state index contributed by atoms with van der Waals surface area (Å²) in [6.07, 6.45) is 0. The van der Waals surface area contributed by atoms with Gasteiger partial charge < -0.3 is 0 Å². The van der Waals surface area contributed by atoms with Crippen LogP contribution in [0.4, 0.5) is 0 Å². The van der Waals surface area contributed by atoms with Gasteiger partial charge in [-0.1, -0.05) is 200 Å². The number of nitrogens with zero attached hydrogens (tertiary/aromatic N) is 1. The van der Waals surface area contributed by atoms with Crippen LogP contribution in [0.15, 0.2) is 224 Å². The van der Waals surface area contributed by atoms with Crippen molar-refractivity contribution >= 4 is 0 Å². The molecule has 0 bridgehead atoms. The van der Waals surface area contributed by atoms with Gasteiger partial charge in [-0.25, -0.2) is 4.98 Å². The molecule has 0 amide bonds. The molecular formula is C54H37N. The molecule has 55 heavy (non-hydrogen) atoms. The molecule has 1 heterocycles. The first kappa shape index (κ1) is 32.6. The Morgan fingerprint density at radius 3 is 1.25 bits per heavy atom. The minimum absolute atomic E-state index is 0.394. The van der Waals surface area contributed by atoms with Crippen molar-refractivity contribution in [3.63, 3.8) is 0 Å². The molecular weight excluding hydrogens is 663 g/mol. The number of hydrogen-bond donors (Lipinski definition) is 0. The second-order valence-corrected chi connectivity index (χ2v) is 14.3. The third-order valence-corrected chi connectivity index (χ3v) is 11.2. The maximum atomic E-state index is 5.08. The Balaban J connectivity index is 1.02. The third kappa shape index (κ3) is 5.69. The molecule has 258 valence electrons. The van der Waals surface area contributed by atoms with Crippen LogP contribution in [0.25, 0.3) is 67.0 Å². The second-order valence-electron chi connectivity index (χ2n) is 14.3. The van der Waals surface area contributed by atoms with Crippen LogP contribution in [0.1, 0.15) is 22.3 Å². The van der Waals surface area contributed by atoms with Crippen LogP contribution >= 0.6 is 0 Å². The normalized spacial score (nSPS) is 12.5. The molecule has 0 unspecified atom stereocenters. The SMILES string of the molecule is c1ccc(-c2cc(-c3ccc(-c4cccc(-c5ccc6c(c5)-c5ccccc5C6(c5ccccc5)c5ccccc5)c4)cc3)cc(-c3ccccc3)n2)cc1. The van der Waals surface area contributed by atoms with E-state index in [0.29, 0.717) is 0 Å². The molecule has 0 aliphatic heterocycles. The summed E-state index contributed by atoms with van der Waals surface area (Å²) in [4.78, 5) is 5.08. The van der Waals surface area contributed by atoms with Crippen molar-refractivity contribution in [1.82, 2.24) is 4.98 Å². The summed E-state index contributed by atoms with van der Waals surface area (Å²) < 4.78 is 0. The summed E-state index contributed by atoms with van der Waals surface area (Å²) in [5.74, 6) is 0. The van der Waals surface area contributed by atoms with E-state index in [9.17, 15) is 0 Å². The molecule has 8 aromatic carbocycles. The first-order valence-corrected chi connectivity index (χ1v) is 19.0. The van der Waals surface area contributed by atoms with Gasteiger partial charge in [0.25, 0.3) is 0 Å². The lowest BCUT2D eigenvalue weighted by Crippen LogP contribution is -2.28. The molecule has 0 N–H and O–H groups in total. The van der Waals surface area contributed by atoms with E-state index in [2.05, 4.69) is 212 Å². The highest BCUT2D eigenvalue weighted by molar-refractivity contribution is 5.89. The van der Waals surface area contributed by atoms with Crippen LogP contribution in [0.3, 0.4) is 0 Å². The first-order chi connectivity index (χ1) is 27.3. The van der Waals surface area contributed by atoms with Gasteiger partial charge in [-0.3, -0.25) is 0 Å². The van der Waals surface area contributed by atoms with E-state index in [4.69, 9.17) is 4.98 Å². The Labute approximate surface area is 322 Å². The van der Waals surface area contributed by atoms with Gasteiger partial charge in [-0.2, -0.15) is 0 Å². The van der Waals surface area contributed by atoms with Crippen molar-refractivity contribution in [2.75, 3.05) is 0 Å². The van der Waals surface area contributed by atoms with Crippen LogP contribution in [0, 0.1) is 0 Å². The number of benzene rings is 8. The monoisotopic (exact) mass is 699 g/mol. The van der Waals surface area contributed by atoms with Crippen molar-refractivity contribution in [3.05, 3.63) is 247 Å². The zero-order valence-corrected chi connectivity index (χ0v) is 30.3. The molecule has 1 nitrogen and oxygen atoms in total. The molecule has 0 saturated heterocycles. The number of fused-ring (bicyclic) bond motifs is 3. The lowest BCUT2D eigenvalue weighted by molar-refractivity contribution is 0.768. The molecule has 1 aliphatic rings. The summed E-state index contributed by atoms with van der Waals surface area (Å²) in [6.45, 7) is 0. The summed E-state index contributed by atoms with van der Waals surface area (Å²) in [5, 5.41) is 0. The molecule has 0 fully saturated rings. The molecule has 0 spiro atoms. The van der Waals surface area contributed by atoms with E-state index < -0.39 is 5.41 Å². The summed E-state index contributed by atoms with van der Waals surface area (Å²) in [5.41, 5.74) is 18.7. The van der Waals surface area contributed by atoms with Crippen LogP contribution in [0.5, 0.6) is 0 Å². The van der Waals surface area contributed by atoms with E-state index in [1.54, 1.807) is 0 Å². The van der Waals surface area contributed by atoms with Gasteiger partial charge in [0.1, 0.15) is 0 Å². The molecule has 1 heteroatoms. The molecule has 9 aromatic rings. The fourth-order valence-corrected chi connectivity index (χ4v) is 8.57. The van der Waals surface area contributed by atoms with Gasteiger partial charge in [-0.05, 0) is 91.0 Å². The largest absolute Gasteiger partial charge is 0.248 e. The number of rotatable bonds is 7. The van der Waals surface area contributed by atoms with E-state index in [1.165, 1.54) is 55.6 Å². The second kappa shape index (κ2) is 13.7. The lowest BCUT2D eigenvalue weighted by atomic mass is 9.67. The minimum Gasteiger partial charge on any atom is -0.248 e. The summed E-state index contributed by atoms with van der Waals surface area (Å²) >= 11 is 0. The average Bonchev–Trinajstić information content (AvgIpc) is 3.58. The maximum Gasteiger partial charge on any atom is 0.0715 e. The number of pyridine rings is 1. The number of hydrogen-bond acceptors (Lipinski definition) is 1. The molecule has 10 rings (SSSR count). The van der Waals surface area contributed by atoms with Gasteiger partial charge in [0.2, 0.25) is 0 Å². The predicted molar refractivity (Wildman–Crippen MR) is 229 cm³/mol. The fourth-order valence-electron chi connectivity index (χ4n) is 8.57. The Kier molecular flexibility index (Phi) is 8.12. The topological polar surface area (TPSA) is 12.9 Å². The Bertz CT molecular complexity index is 2670. The van der Waals surface area contributed by atoms with Crippen molar-refractivity contribution in [3.8, 4) is 67.0 Å². The smallest absolute Gasteiger partial charge is 0.0715 e. The van der Waals surface area contributed by atoms with Crippen molar-refractivity contribution in [1.29, 1.82) is 0 Å². The van der Waals surface area contributed by atoms with E-state index >= 15 is 0 Å². The highest BCUT2D eigenvalue weighted by Crippen LogP contribution is 2.56. The van der Waals surface area contributed by atoms with Gasteiger partial charge in [0.15, 0.2) is 0 Å². The number of aromatic nitrogens is 1. The van der Waals surface area contributed by atoms with Crippen LogP contribution in [0.2, 0.25) is 0 Å². The van der Waals surface area contributed by atoms with E-state index in [0.717, 1.165) is 33.6 Å². The zero-order chi connectivity index (χ0) is 36.6. The molecule has 1 aromatic heterocycles. The Hall–Kier alpha value is -7.09. The maximum absolute atomic E-state index is 5.08.